The van der Waals surface area contributed by atoms with Gasteiger partial charge >= 0.3 is 17.9 Å². The van der Waals surface area contributed by atoms with Gasteiger partial charge in [-0.1, -0.05) is 30.0 Å². The lowest BCUT2D eigenvalue weighted by Gasteiger charge is -2.23. The number of carboxylic acids is 3. The first-order valence-corrected chi connectivity index (χ1v) is 9.39. The molecule has 3 N–H and O–H groups in total. The smallest absolute Gasteiger partial charge is 0.338 e. The van der Waals surface area contributed by atoms with E-state index in [2.05, 4.69) is 15.1 Å². The third-order valence-electron chi connectivity index (χ3n) is 3.95. The molecule has 2 aromatic rings. The van der Waals surface area contributed by atoms with Gasteiger partial charge in [-0.25, -0.2) is 24.2 Å². The SMILES string of the molecule is CC1(C(=O)O)C=CC=C(C(=O)O)C1.CSc1nccc(-n2cc(C(=O)O)cn2)n1. The van der Waals surface area contributed by atoms with Gasteiger partial charge in [0.05, 0.1) is 17.2 Å². The normalized spacial score (nSPS) is 17.7. The highest BCUT2D eigenvalue weighted by molar-refractivity contribution is 7.98. The zero-order valence-electron chi connectivity index (χ0n) is 15.5. The summed E-state index contributed by atoms with van der Waals surface area (Å²) in [5.41, 5.74) is -0.820. The van der Waals surface area contributed by atoms with E-state index in [1.807, 2.05) is 6.26 Å². The average Bonchev–Trinajstić information content (AvgIpc) is 3.19. The summed E-state index contributed by atoms with van der Waals surface area (Å²) in [5.74, 6) is -2.52. The number of allylic oxidation sites excluding steroid dienone is 2. The fourth-order valence-corrected chi connectivity index (χ4v) is 2.65. The Kier molecular flexibility index (Phi) is 6.89. The number of aromatic carboxylic acids is 1. The topological polar surface area (TPSA) is 155 Å². The maximum Gasteiger partial charge on any atom is 0.338 e. The summed E-state index contributed by atoms with van der Waals surface area (Å²) in [5, 5.41) is 30.8. The van der Waals surface area contributed by atoms with Crippen molar-refractivity contribution in [2.24, 2.45) is 5.41 Å². The van der Waals surface area contributed by atoms with E-state index in [0.29, 0.717) is 11.0 Å². The summed E-state index contributed by atoms with van der Waals surface area (Å²) in [6.45, 7) is 1.50. The van der Waals surface area contributed by atoms with E-state index < -0.39 is 23.3 Å². The van der Waals surface area contributed by atoms with Crippen molar-refractivity contribution in [1.82, 2.24) is 19.7 Å². The Hall–Kier alpha value is -3.47. The molecule has 2 heterocycles. The minimum Gasteiger partial charge on any atom is -0.481 e. The summed E-state index contributed by atoms with van der Waals surface area (Å²) in [4.78, 5) is 40.2. The molecule has 1 aliphatic rings. The molecule has 10 nitrogen and oxygen atoms in total. The van der Waals surface area contributed by atoms with Crippen LogP contribution in [-0.2, 0) is 9.59 Å². The van der Waals surface area contributed by atoms with Crippen LogP contribution in [0, 0.1) is 5.41 Å². The Labute approximate surface area is 169 Å². The number of carboxylic acid groups (broad SMARTS) is 3. The molecule has 0 amide bonds. The molecule has 152 valence electrons. The van der Waals surface area contributed by atoms with Crippen LogP contribution in [0.4, 0.5) is 0 Å². The van der Waals surface area contributed by atoms with Crippen LogP contribution >= 0.6 is 11.8 Å². The number of hydrogen-bond donors (Lipinski definition) is 3. The molecule has 3 rings (SSSR count). The summed E-state index contributed by atoms with van der Waals surface area (Å²) in [6, 6.07) is 1.67. The zero-order valence-corrected chi connectivity index (χ0v) is 16.3. The van der Waals surface area contributed by atoms with Gasteiger partial charge in [0.2, 0.25) is 0 Å². The first-order valence-electron chi connectivity index (χ1n) is 8.17. The van der Waals surface area contributed by atoms with Gasteiger partial charge < -0.3 is 15.3 Å². The number of aromatic nitrogens is 4. The highest BCUT2D eigenvalue weighted by atomic mass is 32.2. The molecule has 0 saturated heterocycles. The van der Waals surface area contributed by atoms with Gasteiger partial charge in [-0.3, -0.25) is 4.79 Å². The van der Waals surface area contributed by atoms with E-state index >= 15 is 0 Å². The fourth-order valence-electron chi connectivity index (χ4n) is 2.30. The van der Waals surface area contributed by atoms with Crippen LogP contribution in [0.1, 0.15) is 23.7 Å². The summed E-state index contributed by atoms with van der Waals surface area (Å²) in [7, 11) is 0. The highest BCUT2D eigenvalue weighted by Gasteiger charge is 2.34. The maximum atomic E-state index is 10.8. The zero-order chi connectivity index (χ0) is 21.6. The lowest BCUT2D eigenvalue weighted by molar-refractivity contribution is -0.145. The van der Waals surface area contributed by atoms with E-state index in [4.69, 9.17) is 15.3 Å². The molecule has 11 heteroatoms. The number of rotatable bonds is 5. The minimum absolute atomic E-state index is 0.0359. The Bertz CT molecular complexity index is 1000. The van der Waals surface area contributed by atoms with Crippen molar-refractivity contribution in [2.75, 3.05) is 6.26 Å². The van der Waals surface area contributed by atoms with Crippen LogP contribution < -0.4 is 0 Å². The van der Waals surface area contributed by atoms with Crippen molar-refractivity contribution >= 4 is 29.7 Å². The molecule has 0 aliphatic heterocycles. The lowest BCUT2D eigenvalue weighted by atomic mass is 9.80. The van der Waals surface area contributed by atoms with Crippen LogP contribution in [0.3, 0.4) is 0 Å². The minimum atomic E-state index is -1.08. The average molecular weight is 418 g/mol. The molecule has 0 spiro atoms. The molecule has 0 saturated carbocycles. The molecule has 0 fully saturated rings. The standard InChI is InChI=1S/C9H8N4O2S.C9H10O4/c1-16-9-10-3-2-7(12-9)13-5-6(4-11-13)8(14)15;1-9(8(12)13)4-2-3-6(5-9)7(10)11/h2-5H,1H3,(H,14,15);2-4H,5H2,1H3,(H,10,11)(H,12,13). The first-order chi connectivity index (χ1) is 13.7. The van der Waals surface area contributed by atoms with Crippen molar-refractivity contribution in [3.8, 4) is 5.82 Å². The van der Waals surface area contributed by atoms with E-state index in [-0.39, 0.29) is 17.6 Å². The van der Waals surface area contributed by atoms with Crippen molar-refractivity contribution in [1.29, 1.82) is 0 Å². The van der Waals surface area contributed by atoms with Crippen molar-refractivity contribution < 1.29 is 29.7 Å². The van der Waals surface area contributed by atoms with Gasteiger partial charge in [0.1, 0.15) is 0 Å². The van der Waals surface area contributed by atoms with Gasteiger partial charge in [0.25, 0.3) is 0 Å². The Morgan fingerprint density at radius 2 is 1.93 bits per heavy atom. The molecular formula is C18H18N4O6S. The van der Waals surface area contributed by atoms with Crippen molar-refractivity contribution in [3.05, 3.63) is 54.0 Å². The fraction of sp³-hybridized carbons (Fsp3) is 0.222. The van der Waals surface area contributed by atoms with E-state index in [1.54, 1.807) is 12.3 Å². The summed E-state index contributed by atoms with van der Waals surface area (Å²) >= 11 is 1.41. The molecule has 0 bridgehead atoms. The van der Waals surface area contributed by atoms with E-state index in [1.165, 1.54) is 54.0 Å². The van der Waals surface area contributed by atoms with Gasteiger partial charge in [-0.05, 0) is 19.6 Å². The van der Waals surface area contributed by atoms with Crippen molar-refractivity contribution in [2.45, 2.75) is 18.5 Å². The van der Waals surface area contributed by atoms with Crippen LogP contribution in [0.5, 0.6) is 0 Å². The van der Waals surface area contributed by atoms with Crippen LogP contribution in [0.25, 0.3) is 5.82 Å². The van der Waals surface area contributed by atoms with E-state index in [0.717, 1.165) is 0 Å². The predicted octanol–water partition coefficient (Wildman–Crippen LogP) is 2.13. The number of thioether (sulfide) groups is 1. The Balaban J connectivity index is 0.000000212. The first kappa shape index (κ1) is 21.8. The largest absolute Gasteiger partial charge is 0.481 e. The van der Waals surface area contributed by atoms with Gasteiger partial charge in [0.15, 0.2) is 11.0 Å². The number of aliphatic carboxylic acids is 2. The molecule has 0 aromatic carbocycles. The number of carbonyl (C=O) groups is 3. The maximum absolute atomic E-state index is 10.8. The monoisotopic (exact) mass is 418 g/mol. The molecule has 29 heavy (non-hydrogen) atoms. The highest BCUT2D eigenvalue weighted by Crippen LogP contribution is 2.31. The second kappa shape index (κ2) is 9.15. The van der Waals surface area contributed by atoms with E-state index in [9.17, 15) is 14.4 Å². The molecule has 1 aliphatic carbocycles. The molecule has 1 atom stereocenters. The van der Waals surface area contributed by atoms with Gasteiger partial charge in [-0.15, -0.1) is 0 Å². The molecular weight excluding hydrogens is 400 g/mol. The second-order valence-electron chi connectivity index (χ2n) is 6.14. The third kappa shape index (κ3) is 5.51. The summed E-state index contributed by atoms with van der Waals surface area (Å²) in [6.07, 6.45) is 10.6. The Morgan fingerprint density at radius 3 is 2.48 bits per heavy atom. The van der Waals surface area contributed by atoms with Gasteiger partial charge in [0, 0.05) is 24.0 Å². The predicted molar refractivity (Wildman–Crippen MR) is 103 cm³/mol. The molecule has 0 radical (unpaired) electrons. The quantitative estimate of drug-likeness (QED) is 0.485. The molecule has 2 aromatic heterocycles. The lowest BCUT2D eigenvalue weighted by Crippen LogP contribution is -2.28. The number of hydrogen-bond acceptors (Lipinski definition) is 7. The van der Waals surface area contributed by atoms with Crippen LogP contribution in [-0.4, -0.2) is 59.2 Å². The second-order valence-corrected chi connectivity index (χ2v) is 6.91. The Morgan fingerprint density at radius 1 is 1.21 bits per heavy atom. The van der Waals surface area contributed by atoms with Crippen LogP contribution in [0.15, 0.2) is 53.6 Å². The van der Waals surface area contributed by atoms with Gasteiger partial charge in [-0.2, -0.15) is 5.10 Å². The molecule has 1 unspecified atom stereocenters. The van der Waals surface area contributed by atoms with Crippen molar-refractivity contribution in [3.63, 3.8) is 0 Å². The number of nitrogens with zero attached hydrogens (tertiary/aromatic N) is 4. The third-order valence-corrected chi connectivity index (χ3v) is 4.51. The van der Waals surface area contributed by atoms with Crippen LogP contribution in [0.2, 0.25) is 0 Å². The summed E-state index contributed by atoms with van der Waals surface area (Å²) < 4.78 is 1.41.